The molecule has 1 saturated heterocycles. The molecule has 1 aromatic carbocycles. The van der Waals surface area contributed by atoms with E-state index in [0.717, 1.165) is 25.0 Å². The highest BCUT2D eigenvalue weighted by atomic mass is 19.1. The van der Waals surface area contributed by atoms with Crippen LogP contribution in [0.15, 0.2) is 24.3 Å². The Balaban J connectivity index is 1.53. The van der Waals surface area contributed by atoms with E-state index in [1.54, 1.807) is 0 Å². The van der Waals surface area contributed by atoms with Crippen molar-refractivity contribution in [1.82, 2.24) is 20.6 Å². The zero-order chi connectivity index (χ0) is 18.1. The summed E-state index contributed by atoms with van der Waals surface area (Å²) in [6.07, 6.45) is 2.05. The van der Waals surface area contributed by atoms with Crippen LogP contribution in [0.3, 0.4) is 0 Å². The van der Waals surface area contributed by atoms with E-state index in [1.807, 2.05) is 6.07 Å². The lowest BCUT2D eigenvalue weighted by Crippen LogP contribution is -2.45. The molecular formula is C18H22FN7. The van der Waals surface area contributed by atoms with Crippen molar-refractivity contribution in [2.24, 2.45) is 0 Å². The van der Waals surface area contributed by atoms with Gasteiger partial charge in [0.15, 0.2) is 5.82 Å². The lowest BCUT2D eigenvalue weighted by molar-refractivity contribution is 0.348. The lowest BCUT2D eigenvalue weighted by Gasteiger charge is -2.23. The summed E-state index contributed by atoms with van der Waals surface area (Å²) in [7, 11) is 0. The smallest absolute Gasteiger partial charge is 0.164 e. The van der Waals surface area contributed by atoms with E-state index in [2.05, 4.69) is 45.6 Å². The Kier molecular flexibility index (Phi) is 4.49. The minimum Gasteiger partial charge on any atom is -0.381 e. The molecule has 3 atom stereocenters. The molecule has 26 heavy (non-hydrogen) atoms. The number of hydrogen-bond acceptors (Lipinski definition) is 6. The van der Waals surface area contributed by atoms with E-state index in [1.165, 1.54) is 15.9 Å². The number of aryl methyl sites for hydroxylation is 1. The number of nitrogens with zero attached hydrogens (tertiary/aromatic N) is 3. The number of nitrogens with one attached hydrogen (secondary N) is 3. The number of alkyl halides is 1. The van der Waals surface area contributed by atoms with Gasteiger partial charge in [-0.3, -0.25) is 5.32 Å². The Morgan fingerprint density at radius 2 is 2.15 bits per heavy atom. The van der Waals surface area contributed by atoms with Crippen LogP contribution in [-0.4, -0.2) is 28.8 Å². The molecule has 0 saturated carbocycles. The van der Waals surface area contributed by atoms with E-state index in [0.29, 0.717) is 18.5 Å². The van der Waals surface area contributed by atoms with Crippen LogP contribution >= 0.6 is 0 Å². The van der Waals surface area contributed by atoms with E-state index >= 15 is 0 Å². The van der Waals surface area contributed by atoms with Gasteiger partial charge in [0.1, 0.15) is 17.8 Å². The molecule has 2 heterocycles. The summed E-state index contributed by atoms with van der Waals surface area (Å²) in [5, 5.41) is 17.1. The van der Waals surface area contributed by atoms with Crippen LogP contribution in [0.1, 0.15) is 41.1 Å². The zero-order valence-corrected chi connectivity index (χ0v) is 14.4. The second-order valence-electron chi connectivity index (χ2n) is 6.93. The molecule has 1 aliphatic heterocycles. The molecule has 1 aromatic heterocycles. The third kappa shape index (κ3) is 3.11. The second-order valence-corrected chi connectivity index (χ2v) is 6.93. The molecule has 5 N–H and O–H groups in total. The van der Waals surface area contributed by atoms with Crippen LogP contribution in [0, 0.1) is 11.3 Å². The first-order valence-electron chi connectivity index (χ1n) is 8.90. The number of benzene rings is 1. The highest BCUT2D eigenvalue weighted by Crippen LogP contribution is 2.34. The van der Waals surface area contributed by atoms with E-state index in [4.69, 9.17) is 5.73 Å². The SMILES string of the molecule is N#Cc1c([C@@H]2CCc3ccccc3C2)nn(NN[C@H]2C[C@@H](F)CN2)c1N. The molecule has 0 bridgehead atoms. The van der Waals surface area contributed by atoms with Crippen molar-refractivity contribution in [3.8, 4) is 6.07 Å². The number of nitrogens with two attached hydrogens (primary N) is 1. The Hall–Kier alpha value is -2.63. The summed E-state index contributed by atoms with van der Waals surface area (Å²) in [6, 6.07) is 10.6. The Morgan fingerprint density at radius 3 is 2.88 bits per heavy atom. The van der Waals surface area contributed by atoms with Crippen molar-refractivity contribution in [3.63, 3.8) is 0 Å². The summed E-state index contributed by atoms with van der Waals surface area (Å²) in [5.41, 5.74) is 15.7. The molecular weight excluding hydrogens is 333 g/mol. The van der Waals surface area contributed by atoms with Gasteiger partial charge in [-0.15, -0.1) is 4.79 Å². The second kappa shape index (κ2) is 6.94. The fourth-order valence-electron chi connectivity index (χ4n) is 3.81. The number of aromatic nitrogens is 2. The average Bonchev–Trinajstić information content (AvgIpc) is 3.22. The topological polar surface area (TPSA) is 104 Å². The molecule has 1 fully saturated rings. The number of nitriles is 1. The maximum absolute atomic E-state index is 13.2. The minimum atomic E-state index is -0.864. The molecule has 1 aliphatic carbocycles. The summed E-state index contributed by atoms with van der Waals surface area (Å²) < 4.78 is 13.2. The maximum atomic E-state index is 13.2. The first kappa shape index (κ1) is 16.8. The van der Waals surface area contributed by atoms with Crippen LogP contribution in [0.4, 0.5) is 10.2 Å². The Morgan fingerprint density at radius 1 is 1.35 bits per heavy atom. The summed E-state index contributed by atoms with van der Waals surface area (Å²) in [6.45, 7) is 0.324. The standard InChI is InChI=1S/C18H22FN7/c19-14-8-16(22-10-14)23-25-26-18(21)15(9-20)17(24-26)13-6-5-11-3-1-2-4-12(11)7-13/h1-4,13-14,16,22-23,25H,5-8,10,21H2/t13-,14-,16+/m1/s1. The van der Waals surface area contributed by atoms with Gasteiger partial charge in [-0.25, -0.2) is 15.4 Å². The fourth-order valence-corrected chi connectivity index (χ4v) is 3.81. The minimum absolute atomic E-state index is 0.157. The van der Waals surface area contributed by atoms with Crippen molar-refractivity contribution in [3.05, 3.63) is 46.6 Å². The van der Waals surface area contributed by atoms with Crippen molar-refractivity contribution < 1.29 is 4.39 Å². The number of hydrazine groups is 1. The highest BCUT2D eigenvalue weighted by Gasteiger charge is 2.28. The van der Waals surface area contributed by atoms with E-state index in [-0.39, 0.29) is 17.9 Å². The Labute approximate surface area is 151 Å². The number of fused-ring (bicyclic) bond motifs is 1. The molecule has 136 valence electrons. The van der Waals surface area contributed by atoms with Crippen molar-refractivity contribution in [2.75, 3.05) is 17.8 Å². The van der Waals surface area contributed by atoms with Gasteiger partial charge in [0.2, 0.25) is 0 Å². The lowest BCUT2D eigenvalue weighted by atomic mass is 9.81. The molecule has 0 radical (unpaired) electrons. The first-order valence-corrected chi connectivity index (χ1v) is 8.90. The molecule has 8 heteroatoms. The van der Waals surface area contributed by atoms with Gasteiger partial charge >= 0.3 is 0 Å². The first-order chi connectivity index (χ1) is 12.7. The third-order valence-electron chi connectivity index (χ3n) is 5.22. The van der Waals surface area contributed by atoms with Crippen LogP contribution in [0.2, 0.25) is 0 Å². The van der Waals surface area contributed by atoms with Gasteiger partial charge in [0.05, 0.1) is 11.9 Å². The molecule has 7 nitrogen and oxygen atoms in total. The third-order valence-corrected chi connectivity index (χ3v) is 5.22. The molecule has 4 rings (SSSR count). The number of halogens is 1. The van der Waals surface area contributed by atoms with E-state index < -0.39 is 6.17 Å². The van der Waals surface area contributed by atoms with Gasteiger partial charge < -0.3 is 5.73 Å². The number of rotatable bonds is 4. The molecule has 0 unspecified atom stereocenters. The predicted molar refractivity (Wildman–Crippen MR) is 96.4 cm³/mol. The number of nitrogen functional groups attached to an aromatic ring is 1. The van der Waals surface area contributed by atoms with Crippen molar-refractivity contribution in [2.45, 2.75) is 43.9 Å². The largest absolute Gasteiger partial charge is 0.381 e. The Bertz CT molecular complexity index is 841. The predicted octanol–water partition coefficient (Wildman–Crippen LogP) is 1.32. The fraction of sp³-hybridized carbons (Fsp3) is 0.444. The van der Waals surface area contributed by atoms with Gasteiger partial charge in [0, 0.05) is 18.9 Å². The van der Waals surface area contributed by atoms with Gasteiger partial charge in [-0.1, -0.05) is 24.3 Å². The normalized spacial score (nSPS) is 24.8. The average molecular weight is 355 g/mol. The van der Waals surface area contributed by atoms with Gasteiger partial charge in [0.25, 0.3) is 0 Å². The molecule has 0 spiro atoms. The van der Waals surface area contributed by atoms with E-state index in [9.17, 15) is 9.65 Å². The number of hydrogen-bond donors (Lipinski definition) is 4. The van der Waals surface area contributed by atoms with Crippen molar-refractivity contribution in [1.29, 1.82) is 5.26 Å². The highest BCUT2D eigenvalue weighted by molar-refractivity contribution is 5.54. The van der Waals surface area contributed by atoms with Crippen LogP contribution in [0.25, 0.3) is 0 Å². The van der Waals surface area contributed by atoms with Crippen LogP contribution < -0.4 is 22.0 Å². The summed E-state index contributed by atoms with van der Waals surface area (Å²) >= 11 is 0. The van der Waals surface area contributed by atoms with Crippen LogP contribution in [-0.2, 0) is 12.8 Å². The van der Waals surface area contributed by atoms with Crippen LogP contribution in [0.5, 0.6) is 0 Å². The van der Waals surface area contributed by atoms with Crippen molar-refractivity contribution >= 4 is 5.82 Å². The van der Waals surface area contributed by atoms with Gasteiger partial charge in [-0.05, 0) is 30.4 Å². The number of anilines is 1. The molecule has 2 aromatic rings. The summed E-state index contributed by atoms with van der Waals surface area (Å²) in [5.74, 6) is 0.424. The van der Waals surface area contributed by atoms with Gasteiger partial charge in [-0.2, -0.15) is 10.4 Å². The maximum Gasteiger partial charge on any atom is 0.164 e. The summed E-state index contributed by atoms with van der Waals surface area (Å²) in [4.78, 5) is 1.38. The molecule has 2 aliphatic rings. The zero-order valence-electron chi connectivity index (χ0n) is 14.4. The quantitative estimate of drug-likeness (QED) is 0.617. The molecule has 0 amide bonds. The monoisotopic (exact) mass is 355 g/mol.